The van der Waals surface area contributed by atoms with E-state index in [1.807, 2.05) is 6.07 Å². The van der Waals surface area contributed by atoms with E-state index in [1.54, 1.807) is 31.2 Å². The second kappa shape index (κ2) is 6.40. The summed E-state index contributed by atoms with van der Waals surface area (Å²) in [6.07, 6.45) is -0.542. The van der Waals surface area contributed by atoms with Crippen molar-refractivity contribution in [2.45, 2.75) is 25.9 Å². The highest BCUT2D eigenvalue weighted by Crippen LogP contribution is 2.08. The van der Waals surface area contributed by atoms with Crippen molar-refractivity contribution in [3.05, 3.63) is 35.4 Å². The van der Waals surface area contributed by atoms with Crippen LogP contribution in [0, 0.1) is 11.3 Å². The Labute approximate surface area is 105 Å². The van der Waals surface area contributed by atoms with E-state index in [4.69, 9.17) is 15.1 Å². The highest BCUT2D eigenvalue weighted by Gasteiger charge is 2.13. The lowest BCUT2D eigenvalue weighted by molar-refractivity contribution is -0.154. The Morgan fingerprint density at radius 1 is 1.39 bits per heavy atom. The third-order valence-electron chi connectivity index (χ3n) is 2.23. The molecule has 18 heavy (non-hydrogen) atoms. The number of hydrogen-bond acceptors (Lipinski definition) is 4. The number of aliphatic carboxylic acids is 1. The maximum absolute atomic E-state index is 11.1. The molecule has 5 heteroatoms. The van der Waals surface area contributed by atoms with Crippen LogP contribution < -0.4 is 0 Å². The number of carboxylic acid groups (broad SMARTS) is 1. The Morgan fingerprint density at radius 3 is 2.50 bits per heavy atom. The Morgan fingerprint density at radius 2 is 2.00 bits per heavy atom. The summed E-state index contributed by atoms with van der Waals surface area (Å²) in [5.74, 6) is -1.95. The van der Waals surface area contributed by atoms with Crippen LogP contribution in [0.2, 0.25) is 0 Å². The number of carbonyl (C=O) groups excluding carboxylic acids is 1. The first-order chi connectivity index (χ1) is 8.51. The molecule has 1 rings (SSSR count). The summed E-state index contributed by atoms with van der Waals surface area (Å²) in [6.45, 7) is 1.69. The molecular weight excluding hydrogens is 234 g/mol. The molecule has 0 aromatic heterocycles. The van der Waals surface area contributed by atoms with Crippen LogP contribution in [0.1, 0.15) is 24.5 Å². The Balaban J connectivity index is 2.49. The number of nitrogens with zero attached hydrogens (tertiary/aromatic N) is 1. The topological polar surface area (TPSA) is 87.4 Å². The minimum Gasteiger partial charge on any atom is -0.481 e. The SMILES string of the molecule is CC(Cc1ccc(C#N)cc1)OC(=O)CC(=O)O. The van der Waals surface area contributed by atoms with Gasteiger partial charge >= 0.3 is 11.9 Å². The smallest absolute Gasteiger partial charge is 0.317 e. The van der Waals surface area contributed by atoms with E-state index in [0.717, 1.165) is 5.56 Å². The van der Waals surface area contributed by atoms with Crippen molar-refractivity contribution in [3.8, 4) is 6.07 Å². The van der Waals surface area contributed by atoms with Crippen molar-refractivity contribution in [2.75, 3.05) is 0 Å². The molecule has 0 bridgehead atoms. The molecule has 0 saturated heterocycles. The lowest BCUT2D eigenvalue weighted by Crippen LogP contribution is -2.19. The molecule has 1 atom stereocenters. The largest absolute Gasteiger partial charge is 0.481 e. The fourth-order valence-corrected chi connectivity index (χ4v) is 1.48. The van der Waals surface area contributed by atoms with E-state index in [-0.39, 0.29) is 0 Å². The highest BCUT2D eigenvalue weighted by molar-refractivity contribution is 5.90. The van der Waals surface area contributed by atoms with Crippen molar-refractivity contribution in [3.63, 3.8) is 0 Å². The van der Waals surface area contributed by atoms with Crippen molar-refractivity contribution < 1.29 is 19.4 Å². The van der Waals surface area contributed by atoms with Gasteiger partial charge in [-0.1, -0.05) is 12.1 Å². The average molecular weight is 247 g/mol. The third-order valence-corrected chi connectivity index (χ3v) is 2.23. The van der Waals surface area contributed by atoms with Crippen LogP contribution in [0.3, 0.4) is 0 Å². The summed E-state index contributed by atoms with van der Waals surface area (Å²) in [7, 11) is 0. The lowest BCUT2D eigenvalue weighted by Gasteiger charge is -2.12. The van der Waals surface area contributed by atoms with Crippen LogP contribution in [0.15, 0.2) is 24.3 Å². The van der Waals surface area contributed by atoms with E-state index in [2.05, 4.69) is 0 Å². The first-order valence-corrected chi connectivity index (χ1v) is 5.41. The van der Waals surface area contributed by atoms with Crippen molar-refractivity contribution in [1.29, 1.82) is 5.26 Å². The van der Waals surface area contributed by atoms with Gasteiger partial charge in [0.2, 0.25) is 0 Å². The molecule has 0 fully saturated rings. The van der Waals surface area contributed by atoms with Crippen LogP contribution in [0.5, 0.6) is 0 Å². The molecule has 94 valence electrons. The summed E-state index contributed by atoms with van der Waals surface area (Å²) < 4.78 is 4.94. The van der Waals surface area contributed by atoms with E-state index >= 15 is 0 Å². The summed E-state index contributed by atoms with van der Waals surface area (Å²) >= 11 is 0. The van der Waals surface area contributed by atoms with Gasteiger partial charge in [0.25, 0.3) is 0 Å². The number of carbonyl (C=O) groups is 2. The van der Waals surface area contributed by atoms with E-state index < -0.39 is 24.5 Å². The molecule has 0 amide bonds. The van der Waals surface area contributed by atoms with Crippen LogP contribution in [0.25, 0.3) is 0 Å². The predicted octanol–water partition coefficient (Wildman–Crippen LogP) is 1.51. The first kappa shape index (κ1) is 13.7. The number of benzene rings is 1. The van der Waals surface area contributed by atoms with Gasteiger partial charge in [0.1, 0.15) is 12.5 Å². The fraction of sp³-hybridized carbons (Fsp3) is 0.308. The zero-order chi connectivity index (χ0) is 13.5. The number of hydrogen-bond donors (Lipinski definition) is 1. The van der Waals surface area contributed by atoms with Gasteiger partial charge in [0.05, 0.1) is 11.6 Å². The molecular formula is C13H13NO4. The highest BCUT2D eigenvalue weighted by atomic mass is 16.5. The second-order valence-corrected chi connectivity index (χ2v) is 3.88. The zero-order valence-electron chi connectivity index (χ0n) is 9.92. The molecule has 0 aliphatic carbocycles. The van der Waals surface area contributed by atoms with Gasteiger partial charge in [0, 0.05) is 6.42 Å². The minimum atomic E-state index is -1.20. The van der Waals surface area contributed by atoms with Crippen LogP contribution in [-0.4, -0.2) is 23.1 Å². The Hall–Kier alpha value is -2.35. The van der Waals surface area contributed by atoms with Gasteiger partial charge < -0.3 is 9.84 Å². The summed E-state index contributed by atoms with van der Waals surface area (Å²) in [4.78, 5) is 21.4. The van der Waals surface area contributed by atoms with Crippen LogP contribution in [-0.2, 0) is 20.7 Å². The standard InChI is InChI=1S/C13H13NO4/c1-9(18-13(17)7-12(15)16)6-10-2-4-11(8-14)5-3-10/h2-5,9H,6-7H2,1H3,(H,15,16). The minimum absolute atomic E-state index is 0.398. The molecule has 0 aliphatic heterocycles. The molecule has 0 aliphatic rings. The van der Waals surface area contributed by atoms with E-state index in [0.29, 0.717) is 12.0 Å². The number of ether oxygens (including phenoxy) is 1. The quantitative estimate of drug-likeness (QED) is 0.629. The number of nitriles is 1. The van der Waals surface area contributed by atoms with E-state index in [1.165, 1.54) is 0 Å². The zero-order valence-corrected chi connectivity index (χ0v) is 9.92. The van der Waals surface area contributed by atoms with Gasteiger partial charge in [-0.3, -0.25) is 9.59 Å². The lowest BCUT2D eigenvalue weighted by atomic mass is 10.1. The second-order valence-electron chi connectivity index (χ2n) is 3.88. The fourth-order valence-electron chi connectivity index (χ4n) is 1.48. The molecule has 1 aromatic carbocycles. The third kappa shape index (κ3) is 4.66. The first-order valence-electron chi connectivity index (χ1n) is 5.41. The monoisotopic (exact) mass is 247 g/mol. The summed E-state index contributed by atoms with van der Waals surface area (Å²) in [6, 6.07) is 8.93. The number of esters is 1. The van der Waals surface area contributed by atoms with E-state index in [9.17, 15) is 9.59 Å². The van der Waals surface area contributed by atoms with Crippen LogP contribution >= 0.6 is 0 Å². The molecule has 0 radical (unpaired) electrons. The Kier molecular flexibility index (Phi) is 4.88. The molecule has 0 saturated carbocycles. The maximum atomic E-state index is 11.1. The normalized spacial score (nSPS) is 11.3. The van der Waals surface area contributed by atoms with Crippen molar-refractivity contribution in [1.82, 2.24) is 0 Å². The average Bonchev–Trinajstić information content (AvgIpc) is 2.28. The predicted molar refractivity (Wildman–Crippen MR) is 62.7 cm³/mol. The molecule has 1 unspecified atom stereocenters. The number of rotatable bonds is 5. The van der Waals surface area contributed by atoms with Crippen LogP contribution in [0.4, 0.5) is 0 Å². The van der Waals surface area contributed by atoms with Gasteiger partial charge in [-0.05, 0) is 24.6 Å². The van der Waals surface area contributed by atoms with Gasteiger partial charge in [-0.15, -0.1) is 0 Å². The summed E-state index contributed by atoms with van der Waals surface area (Å²) in [5.41, 5.74) is 1.49. The molecule has 1 N–H and O–H groups in total. The van der Waals surface area contributed by atoms with Crippen molar-refractivity contribution in [2.24, 2.45) is 0 Å². The maximum Gasteiger partial charge on any atom is 0.317 e. The van der Waals surface area contributed by atoms with Gasteiger partial charge in [-0.25, -0.2) is 0 Å². The van der Waals surface area contributed by atoms with Gasteiger partial charge in [-0.2, -0.15) is 5.26 Å². The van der Waals surface area contributed by atoms with Gasteiger partial charge in [0.15, 0.2) is 0 Å². The molecule has 1 aromatic rings. The molecule has 0 heterocycles. The van der Waals surface area contributed by atoms with Crippen molar-refractivity contribution >= 4 is 11.9 Å². The molecule has 5 nitrogen and oxygen atoms in total. The Bertz CT molecular complexity index is 473. The number of carboxylic acids is 1. The summed E-state index contributed by atoms with van der Waals surface area (Å²) in [5, 5.41) is 17.1. The molecule has 0 spiro atoms.